The van der Waals surface area contributed by atoms with Crippen molar-refractivity contribution in [2.24, 2.45) is 0 Å². The Labute approximate surface area is 321 Å². The second-order valence-electron chi connectivity index (χ2n) is 11.7. The van der Waals surface area contributed by atoms with Gasteiger partial charge >= 0.3 is 7.12 Å². The molecule has 4 aromatic carbocycles. The van der Waals surface area contributed by atoms with E-state index in [1.807, 2.05) is 32.0 Å². The summed E-state index contributed by atoms with van der Waals surface area (Å²) in [5.41, 5.74) is 5.37. The lowest BCUT2D eigenvalue weighted by molar-refractivity contribution is 0.0817. The number of hydrogen-bond donors (Lipinski definition) is 2. The average Bonchev–Trinajstić information content (AvgIpc) is 3.20. The molecule has 6 aromatic rings. The van der Waals surface area contributed by atoms with Crippen molar-refractivity contribution in [3.8, 4) is 22.6 Å². The number of hydrogen-bond acceptors (Lipinski definition) is 10. The quantitative estimate of drug-likeness (QED) is 0.0869. The van der Waals surface area contributed by atoms with Gasteiger partial charge in [-0.15, -0.1) is 0 Å². The first-order valence-corrected chi connectivity index (χ1v) is 17.2. The molecule has 0 amide bonds. The number of benzene rings is 4. The number of pyridine rings is 2. The number of rotatable bonds is 10. The fourth-order valence-electron chi connectivity index (χ4n) is 5.11. The van der Waals surface area contributed by atoms with Gasteiger partial charge in [-0.05, 0) is 120 Å². The number of Topliss-reactive ketones (excluding diaryl/α,β-unsaturated/α-hetero) is 4. The summed E-state index contributed by atoms with van der Waals surface area (Å²) in [6.07, 6.45) is 6.40. The lowest BCUT2D eigenvalue weighted by Gasteiger charge is -2.07. The highest BCUT2D eigenvalue weighted by atomic mass is 79.9. The molecule has 2 N–H and O–H groups in total. The molecule has 0 radical (unpaired) electrons. The predicted octanol–water partition coefficient (Wildman–Crippen LogP) is 6.72. The van der Waals surface area contributed by atoms with Crippen LogP contribution >= 0.6 is 15.9 Å². The van der Waals surface area contributed by atoms with Gasteiger partial charge in [0, 0.05) is 51.5 Å². The van der Waals surface area contributed by atoms with E-state index in [9.17, 15) is 19.2 Å². The first-order valence-electron chi connectivity index (χ1n) is 16.4. The topological polar surface area (TPSA) is 153 Å². The van der Waals surface area contributed by atoms with Crippen molar-refractivity contribution in [3.05, 3.63) is 172 Å². The zero-order chi connectivity index (χ0) is 39.2. The predicted molar refractivity (Wildman–Crippen MR) is 211 cm³/mol. The van der Waals surface area contributed by atoms with Crippen LogP contribution in [0.2, 0.25) is 0 Å². The molecule has 0 aliphatic carbocycles. The molecule has 10 nitrogen and oxygen atoms in total. The molecule has 0 atom stereocenters. The van der Waals surface area contributed by atoms with Crippen LogP contribution in [0.5, 0.6) is 11.5 Å². The summed E-state index contributed by atoms with van der Waals surface area (Å²) in [7, 11) is 1.75. The molecule has 6 rings (SSSR count). The van der Waals surface area contributed by atoms with Gasteiger partial charge in [0.15, 0.2) is 0 Å². The molecule has 0 fully saturated rings. The summed E-state index contributed by atoms with van der Waals surface area (Å²) in [5.74, 6) is -0.719. The van der Waals surface area contributed by atoms with Crippen LogP contribution in [0.3, 0.4) is 0 Å². The summed E-state index contributed by atoms with van der Waals surface area (Å²) in [4.78, 5) is 57.2. The van der Waals surface area contributed by atoms with Crippen molar-refractivity contribution >= 4 is 51.6 Å². The van der Waals surface area contributed by atoms with Gasteiger partial charge in [-0.3, -0.25) is 29.1 Å². The Balaban J connectivity index is 0.000000199. The molecule has 54 heavy (non-hydrogen) atoms. The lowest BCUT2D eigenvalue weighted by atomic mass is 9.81. The number of aromatic nitrogens is 2. The Morgan fingerprint density at radius 3 is 1.37 bits per heavy atom. The fourth-order valence-corrected chi connectivity index (χ4v) is 5.51. The van der Waals surface area contributed by atoms with E-state index in [0.717, 1.165) is 26.7 Å². The van der Waals surface area contributed by atoms with Gasteiger partial charge in [0.05, 0.1) is 14.2 Å². The molecule has 0 bridgehead atoms. The summed E-state index contributed by atoms with van der Waals surface area (Å²) in [5, 5.41) is 17.1. The molecule has 0 saturated heterocycles. The van der Waals surface area contributed by atoms with E-state index in [0.29, 0.717) is 39.2 Å². The van der Waals surface area contributed by atoms with Crippen LogP contribution < -0.4 is 14.9 Å². The maximum absolute atomic E-state index is 12.6. The second kappa shape index (κ2) is 19.7. The first kappa shape index (κ1) is 40.7. The molecule has 0 aliphatic rings. The Hall–Kier alpha value is -6.08. The normalized spacial score (nSPS) is 10.1. The van der Waals surface area contributed by atoms with E-state index in [1.54, 1.807) is 118 Å². The Bertz CT molecular complexity index is 2250. The van der Waals surface area contributed by atoms with Gasteiger partial charge in [-0.2, -0.15) is 0 Å². The van der Waals surface area contributed by atoms with E-state index in [2.05, 4.69) is 25.9 Å². The number of aryl methyl sites for hydroxylation is 2. The van der Waals surface area contributed by atoms with Gasteiger partial charge in [0.1, 0.15) is 11.5 Å². The summed E-state index contributed by atoms with van der Waals surface area (Å²) in [6, 6.07) is 30.6. The van der Waals surface area contributed by atoms with Crippen molar-refractivity contribution in [1.29, 1.82) is 0 Å². The minimum Gasteiger partial charge on any atom is -0.496 e. The van der Waals surface area contributed by atoms with Crippen molar-refractivity contribution in [1.82, 2.24) is 9.97 Å². The van der Waals surface area contributed by atoms with Crippen LogP contribution in [0.4, 0.5) is 0 Å². The van der Waals surface area contributed by atoms with Crippen molar-refractivity contribution in [3.63, 3.8) is 0 Å². The third kappa shape index (κ3) is 11.0. The molecule has 2 heterocycles. The van der Waals surface area contributed by atoms with E-state index in [1.165, 1.54) is 12.4 Å². The third-order valence-corrected chi connectivity index (χ3v) is 8.45. The van der Waals surface area contributed by atoms with Crippen molar-refractivity contribution < 1.29 is 38.7 Å². The number of nitrogens with zero attached hydrogens (tertiary/aromatic N) is 2. The average molecular weight is 787 g/mol. The summed E-state index contributed by atoms with van der Waals surface area (Å²) >= 11 is 3.29. The van der Waals surface area contributed by atoms with E-state index in [4.69, 9.17) is 19.5 Å². The molecule has 12 heteroatoms. The zero-order valence-electron chi connectivity index (χ0n) is 29.9. The molecule has 0 saturated carbocycles. The summed E-state index contributed by atoms with van der Waals surface area (Å²) in [6.45, 7) is 3.67. The SMILES string of the molecule is COc1ccc(C(=O)C(=O)c2cccc(-c3ccncc3)c2)cc1C.COc1ccc(C(=O)C(=O)c2cccc(Br)c2)cc1C.OB(O)c1ccncc1. The molecule has 272 valence electrons. The largest absolute Gasteiger partial charge is 0.496 e. The van der Waals surface area contributed by atoms with Gasteiger partial charge in [0.25, 0.3) is 0 Å². The van der Waals surface area contributed by atoms with Gasteiger partial charge < -0.3 is 19.5 Å². The number of ketones is 4. The van der Waals surface area contributed by atoms with Gasteiger partial charge in [-0.1, -0.05) is 46.3 Å². The maximum Gasteiger partial charge on any atom is 0.488 e. The zero-order valence-corrected chi connectivity index (χ0v) is 31.5. The Morgan fingerprint density at radius 1 is 0.537 bits per heavy atom. The minimum absolute atomic E-state index is 0.359. The molecule has 0 aliphatic heterocycles. The number of carbonyl (C=O) groups is 4. The van der Waals surface area contributed by atoms with Gasteiger partial charge in [0.2, 0.25) is 23.1 Å². The van der Waals surface area contributed by atoms with Crippen molar-refractivity contribution in [2.45, 2.75) is 13.8 Å². The minimum atomic E-state index is -1.38. The number of ether oxygens (including phenoxy) is 2. The smallest absolute Gasteiger partial charge is 0.488 e. The highest BCUT2D eigenvalue weighted by Gasteiger charge is 2.21. The highest BCUT2D eigenvalue weighted by molar-refractivity contribution is 9.10. The Morgan fingerprint density at radius 2 is 0.963 bits per heavy atom. The molecular formula is C42H36BBrN2O8. The Kier molecular flexibility index (Phi) is 14.8. The lowest BCUT2D eigenvalue weighted by Crippen LogP contribution is -2.29. The highest BCUT2D eigenvalue weighted by Crippen LogP contribution is 2.23. The van der Waals surface area contributed by atoms with Crippen LogP contribution in [0, 0.1) is 13.8 Å². The maximum atomic E-state index is 12.6. The van der Waals surface area contributed by atoms with Crippen LogP contribution in [-0.2, 0) is 0 Å². The molecule has 2 aromatic heterocycles. The van der Waals surface area contributed by atoms with Crippen LogP contribution in [-0.4, -0.2) is 64.5 Å². The monoisotopic (exact) mass is 786 g/mol. The van der Waals surface area contributed by atoms with E-state index in [-0.39, 0.29) is 0 Å². The van der Waals surface area contributed by atoms with E-state index >= 15 is 0 Å². The third-order valence-electron chi connectivity index (χ3n) is 7.96. The number of methoxy groups -OCH3 is 2. The molecule has 0 unspecified atom stereocenters. The number of halogens is 1. The fraction of sp³-hybridized carbons (Fsp3) is 0.0952. The van der Waals surface area contributed by atoms with E-state index < -0.39 is 30.3 Å². The first-order chi connectivity index (χ1) is 25.9. The second-order valence-corrected chi connectivity index (χ2v) is 12.6. The standard InChI is InChI=1S/C21H17NO3.C16H13BrO3.C5H6BNO2/c1-14-12-18(6-7-19(14)25-2)21(24)20(23)17-5-3-4-16(13-17)15-8-10-22-11-9-15;1-10-8-12(6-7-14(10)20-2)16(19)15(18)11-4-3-5-13(17)9-11;8-6(9)5-1-3-7-4-2-5/h3-13H,1-2H3;3-9H,1-2H3;1-4,8-9H. The van der Waals surface area contributed by atoms with Gasteiger partial charge in [-0.25, -0.2) is 0 Å². The number of carbonyl (C=O) groups excluding carboxylic acids is 4. The van der Waals surface area contributed by atoms with Crippen LogP contribution in [0.25, 0.3) is 11.1 Å². The molecular weight excluding hydrogens is 751 g/mol. The summed E-state index contributed by atoms with van der Waals surface area (Å²) < 4.78 is 11.1. The van der Waals surface area contributed by atoms with Crippen molar-refractivity contribution in [2.75, 3.05) is 14.2 Å². The van der Waals surface area contributed by atoms with Crippen LogP contribution in [0.15, 0.2) is 138 Å². The van der Waals surface area contributed by atoms with Crippen LogP contribution in [0.1, 0.15) is 52.6 Å². The molecule has 0 spiro atoms.